The molecule has 1 aromatic rings. The van der Waals surface area contributed by atoms with Gasteiger partial charge in [-0.2, -0.15) is 0 Å². The molecular formula is C13H16FNO3. The van der Waals surface area contributed by atoms with Crippen LogP contribution in [-0.4, -0.2) is 30.4 Å². The van der Waals surface area contributed by atoms with E-state index in [1.165, 1.54) is 17.0 Å². The number of nitrogens with zero attached hydrogens (tertiary/aromatic N) is 1. The van der Waals surface area contributed by atoms with Crippen molar-refractivity contribution in [2.45, 2.75) is 19.9 Å². The van der Waals surface area contributed by atoms with E-state index in [9.17, 15) is 14.0 Å². The first-order valence-corrected chi connectivity index (χ1v) is 5.70. The molecule has 1 rings (SSSR count). The predicted molar refractivity (Wildman–Crippen MR) is 64.2 cm³/mol. The summed E-state index contributed by atoms with van der Waals surface area (Å²) in [4.78, 5) is 23.6. The number of ether oxygens (including phenoxy) is 1. The number of hydrogen-bond acceptors (Lipinski definition) is 3. The number of carbonyl (C=O) groups is 2. The van der Waals surface area contributed by atoms with Crippen LogP contribution < -0.4 is 0 Å². The van der Waals surface area contributed by atoms with Gasteiger partial charge < -0.3 is 9.64 Å². The van der Waals surface area contributed by atoms with E-state index in [-0.39, 0.29) is 25.0 Å². The summed E-state index contributed by atoms with van der Waals surface area (Å²) >= 11 is 0. The quantitative estimate of drug-likeness (QED) is 0.574. The van der Waals surface area contributed by atoms with Gasteiger partial charge in [0.2, 0.25) is 6.41 Å². The van der Waals surface area contributed by atoms with Crippen molar-refractivity contribution in [1.82, 2.24) is 4.90 Å². The van der Waals surface area contributed by atoms with Crippen molar-refractivity contribution < 1.29 is 18.7 Å². The third-order valence-corrected chi connectivity index (χ3v) is 2.60. The molecule has 5 heteroatoms. The summed E-state index contributed by atoms with van der Waals surface area (Å²) in [5.74, 6) is -0.799. The number of carbonyl (C=O) groups excluding carboxylic acids is 2. The molecule has 1 unspecified atom stereocenters. The van der Waals surface area contributed by atoms with Crippen LogP contribution in [-0.2, 0) is 14.3 Å². The zero-order valence-corrected chi connectivity index (χ0v) is 10.4. The summed E-state index contributed by atoms with van der Waals surface area (Å²) in [7, 11) is 0. The molecule has 0 aliphatic heterocycles. The Hall–Kier alpha value is -1.91. The van der Waals surface area contributed by atoms with Crippen molar-refractivity contribution >= 4 is 12.4 Å². The molecule has 0 saturated carbocycles. The fraction of sp³-hybridized carbons (Fsp3) is 0.385. The third kappa shape index (κ3) is 3.84. The molecule has 1 aromatic carbocycles. The van der Waals surface area contributed by atoms with Crippen molar-refractivity contribution in [2.75, 3.05) is 13.2 Å². The molecule has 0 fully saturated rings. The molecule has 0 N–H and O–H groups in total. The number of rotatable bonds is 6. The molecule has 1 amide bonds. The van der Waals surface area contributed by atoms with E-state index in [0.717, 1.165) is 5.56 Å². The Kier molecular flexibility index (Phi) is 5.30. The topological polar surface area (TPSA) is 46.6 Å². The molecule has 0 spiro atoms. The minimum Gasteiger partial charge on any atom is -0.465 e. The molecule has 18 heavy (non-hydrogen) atoms. The molecule has 0 aliphatic rings. The summed E-state index contributed by atoms with van der Waals surface area (Å²) in [6.45, 7) is 3.62. The molecule has 4 nitrogen and oxygen atoms in total. The highest BCUT2D eigenvalue weighted by Gasteiger charge is 2.17. The average molecular weight is 253 g/mol. The number of halogens is 1. The first-order valence-electron chi connectivity index (χ1n) is 5.70. The SMILES string of the molecule is CCOC(=O)CN(C=O)C(C)c1ccc(F)cc1. The summed E-state index contributed by atoms with van der Waals surface area (Å²) in [6.07, 6.45) is 0.588. The molecule has 0 bridgehead atoms. The Bertz CT molecular complexity index is 405. The van der Waals surface area contributed by atoms with Crippen LogP contribution in [0.4, 0.5) is 4.39 Å². The maximum Gasteiger partial charge on any atom is 0.325 e. The van der Waals surface area contributed by atoms with E-state index in [0.29, 0.717) is 6.41 Å². The lowest BCUT2D eigenvalue weighted by Crippen LogP contribution is -2.32. The lowest BCUT2D eigenvalue weighted by Gasteiger charge is -2.24. The standard InChI is InChI=1S/C13H16FNO3/c1-3-18-13(17)8-15(9-16)10(2)11-4-6-12(14)7-5-11/h4-7,9-10H,3,8H2,1-2H3. The molecule has 98 valence electrons. The van der Waals surface area contributed by atoms with Crippen molar-refractivity contribution in [3.8, 4) is 0 Å². The van der Waals surface area contributed by atoms with Crippen LogP contribution >= 0.6 is 0 Å². The molecule has 0 aromatic heterocycles. The maximum absolute atomic E-state index is 12.8. The van der Waals surface area contributed by atoms with Crippen LogP contribution in [0.25, 0.3) is 0 Å². The van der Waals surface area contributed by atoms with Gasteiger partial charge in [-0.05, 0) is 31.5 Å². The van der Waals surface area contributed by atoms with Gasteiger partial charge >= 0.3 is 5.97 Å². The number of benzene rings is 1. The molecular weight excluding hydrogens is 237 g/mol. The molecule has 0 radical (unpaired) electrons. The first-order chi connectivity index (χ1) is 8.58. The van der Waals surface area contributed by atoms with Crippen LogP contribution in [0.3, 0.4) is 0 Å². The van der Waals surface area contributed by atoms with Gasteiger partial charge in [-0.15, -0.1) is 0 Å². The fourth-order valence-corrected chi connectivity index (χ4v) is 1.55. The summed E-state index contributed by atoms with van der Waals surface area (Å²) in [5.41, 5.74) is 0.757. The number of amides is 1. The van der Waals surface area contributed by atoms with Gasteiger partial charge in [0.05, 0.1) is 12.6 Å². The van der Waals surface area contributed by atoms with E-state index in [1.807, 2.05) is 0 Å². The van der Waals surface area contributed by atoms with Crippen LogP contribution in [0.15, 0.2) is 24.3 Å². The Balaban J connectivity index is 2.72. The number of hydrogen-bond donors (Lipinski definition) is 0. The van der Waals surface area contributed by atoms with Gasteiger partial charge in [-0.3, -0.25) is 9.59 Å². The molecule has 0 heterocycles. The average Bonchev–Trinajstić information content (AvgIpc) is 2.36. The van der Waals surface area contributed by atoms with E-state index >= 15 is 0 Å². The third-order valence-electron chi connectivity index (χ3n) is 2.60. The monoisotopic (exact) mass is 253 g/mol. The molecule has 0 aliphatic carbocycles. The van der Waals surface area contributed by atoms with Crippen molar-refractivity contribution in [1.29, 1.82) is 0 Å². The van der Waals surface area contributed by atoms with Crippen LogP contribution in [0.1, 0.15) is 25.5 Å². The second-order valence-electron chi connectivity index (χ2n) is 3.81. The van der Waals surface area contributed by atoms with E-state index < -0.39 is 5.97 Å². The van der Waals surface area contributed by atoms with Gasteiger partial charge in [0.1, 0.15) is 12.4 Å². The Morgan fingerprint density at radius 3 is 2.56 bits per heavy atom. The number of esters is 1. The van der Waals surface area contributed by atoms with Gasteiger partial charge in [0, 0.05) is 0 Å². The maximum atomic E-state index is 12.8. The summed E-state index contributed by atoms with van der Waals surface area (Å²) in [5, 5.41) is 0. The zero-order valence-electron chi connectivity index (χ0n) is 10.4. The van der Waals surface area contributed by atoms with Gasteiger partial charge in [0.25, 0.3) is 0 Å². The molecule has 0 saturated heterocycles. The lowest BCUT2D eigenvalue weighted by molar-refractivity contribution is -0.147. The summed E-state index contributed by atoms with van der Waals surface area (Å²) < 4.78 is 17.6. The van der Waals surface area contributed by atoms with Crippen molar-refractivity contribution in [3.05, 3.63) is 35.6 Å². The lowest BCUT2D eigenvalue weighted by atomic mass is 10.1. The largest absolute Gasteiger partial charge is 0.465 e. The summed E-state index contributed by atoms with van der Waals surface area (Å²) in [6, 6.07) is 5.49. The second-order valence-corrected chi connectivity index (χ2v) is 3.81. The predicted octanol–water partition coefficient (Wildman–Crippen LogP) is 1.91. The highest BCUT2D eigenvalue weighted by molar-refractivity contribution is 5.74. The van der Waals surface area contributed by atoms with E-state index in [2.05, 4.69) is 0 Å². The Morgan fingerprint density at radius 2 is 2.06 bits per heavy atom. The minimum atomic E-state index is -0.460. The van der Waals surface area contributed by atoms with E-state index in [1.54, 1.807) is 26.0 Å². The smallest absolute Gasteiger partial charge is 0.325 e. The Morgan fingerprint density at radius 1 is 1.44 bits per heavy atom. The van der Waals surface area contributed by atoms with Crippen LogP contribution in [0.5, 0.6) is 0 Å². The second kappa shape index (κ2) is 6.74. The normalized spacial score (nSPS) is 11.7. The van der Waals surface area contributed by atoms with Gasteiger partial charge in [-0.1, -0.05) is 12.1 Å². The highest BCUT2D eigenvalue weighted by Crippen LogP contribution is 2.18. The van der Waals surface area contributed by atoms with Crippen LogP contribution in [0.2, 0.25) is 0 Å². The van der Waals surface area contributed by atoms with E-state index in [4.69, 9.17) is 4.74 Å². The van der Waals surface area contributed by atoms with Crippen LogP contribution in [0, 0.1) is 5.82 Å². The zero-order chi connectivity index (χ0) is 13.5. The van der Waals surface area contributed by atoms with Crippen molar-refractivity contribution in [2.24, 2.45) is 0 Å². The highest BCUT2D eigenvalue weighted by atomic mass is 19.1. The fourth-order valence-electron chi connectivity index (χ4n) is 1.55. The first kappa shape index (κ1) is 14.2. The Labute approximate surface area is 105 Å². The minimum absolute atomic E-state index is 0.115. The van der Waals surface area contributed by atoms with Gasteiger partial charge in [0.15, 0.2) is 0 Å². The van der Waals surface area contributed by atoms with Crippen molar-refractivity contribution in [3.63, 3.8) is 0 Å². The molecule has 1 atom stereocenters. The van der Waals surface area contributed by atoms with Gasteiger partial charge in [-0.25, -0.2) is 4.39 Å².